The highest BCUT2D eigenvalue weighted by molar-refractivity contribution is 5.97. The van der Waals surface area contributed by atoms with Crippen LogP contribution in [-0.4, -0.2) is 25.6 Å². The van der Waals surface area contributed by atoms with E-state index in [1.165, 1.54) is 13.2 Å². The second-order valence-corrected chi connectivity index (χ2v) is 5.58. The quantitative estimate of drug-likeness (QED) is 0.533. The average molecular weight is 389 g/mol. The molecule has 1 N–H and O–H groups in total. The van der Waals surface area contributed by atoms with Crippen molar-refractivity contribution in [2.75, 3.05) is 19.0 Å². The van der Waals surface area contributed by atoms with E-state index in [2.05, 4.69) is 5.32 Å². The average Bonchev–Trinajstić information content (AvgIpc) is 2.68. The lowest BCUT2D eigenvalue weighted by atomic mass is 10.2. The fourth-order valence-electron chi connectivity index (χ4n) is 2.40. The predicted octanol–water partition coefficient (Wildman–Crippen LogP) is 2.88. The molecule has 0 atom stereocenters. The van der Waals surface area contributed by atoms with E-state index < -0.39 is 41.3 Å². The molecule has 0 fully saturated rings. The van der Waals surface area contributed by atoms with E-state index in [0.717, 1.165) is 18.2 Å². The molecule has 9 heteroatoms. The number of fused-ring (bicyclic) bond motifs is 1. The Morgan fingerprint density at radius 1 is 1.11 bits per heavy atom. The lowest BCUT2D eigenvalue weighted by molar-refractivity contribution is -0.119. The number of para-hydroxylation sites is 1. The highest BCUT2D eigenvalue weighted by atomic mass is 19.2. The fourth-order valence-corrected chi connectivity index (χ4v) is 2.40. The largest absolute Gasteiger partial charge is 0.493 e. The predicted molar refractivity (Wildman–Crippen MR) is 94.3 cm³/mol. The van der Waals surface area contributed by atoms with Crippen LogP contribution >= 0.6 is 0 Å². The molecule has 1 heterocycles. The molecule has 7 nitrogen and oxygen atoms in total. The van der Waals surface area contributed by atoms with Crippen molar-refractivity contribution in [3.63, 3.8) is 0 Å². The van der Waals surface area contributed by atoms with Crippen LogP contribution in [0.25, 0.3) is 11.0 Å². The van der Waals surface area contributed by atoms with Crippen molar-refractivity contribution in [2.24, 2.45) is 0 Å². The van der Waals surface area contributed by atoms with E-state index in [0.29, 0.717) is 11.1 Å². The number of methoxy groups -OCH3 is 1. The summed E-state index contributed by atoms with van der Waals surface area (Å²) in [7, 11) is 1.41. The molecule has 1 aromatic heterocycles. The molecule has 28 heavy (non-hydrogen) atoms. The van der Waals surface area contributed by atoms with Gasteiger partial charge in [0.05, 0.1) is 7.11 Å². The number of benzene rings is 2. The van der Waals surface area contributed by atoms with Crippen molar-refractivity contribution in [2.45, 2.75) is 0 Å². The lowest BCUT2D eigenvalue weighted by Gasteiger charge is -2.08. The van der Waals surface area contributed by atoms with Gasteiger partial charge >= 0.3 is 11.6 Å². The number of carbonyl (C=O) groups excluding carboxylic acids is 2. The van der Waals surface area contributed by atoms with Crippen molar-refractivity contribution in [3.05, 3.63) is 70.1 Å². The van der Waals surface area contributed by atoms with Crippen LogP contribution in [0.5, 0.6) is 5.75 Å². The molecule has 2 aromatic carbocycles. The molecular weight excluding hydrogens is 376 g/mol. The Labute approximate surface area is 156 Å². The molecule has 0 aliphatic rings. The zero-order chi connectivity index (χ0) is 20.3. The number of carbonyl (C=O) groups is 2. The second-order valence-electron chi connectivity index (χ2n) is 5.58. The van der Waals surface area contributed by atoms with Gasteiger partial charge in [-0.25, -0.2) is 18.4 Å². The number of ether oxygens (including phenoxy) is 2. The zero-order valence-electron chi connectivity index (χ0n) is 14.5. The molecule has 0 saturated carbocycles. The summed E-state index contributed by atoms with van der Waals surface area (Å²) in [6.07, 6.45) is 0. The molecule has 0 aliphatic heterocycles. The van der Waals surface area contributed by atoms with E-state index in [-0.39, 0.29) is 11.3 Å². The molecule has 0 bridgehead atoms. The molecule has 0 unspecified atom stereocenters. The zero-order valence-corrected chi connectivity index (χ0v) is 14.5. The molecule has 144 valence electrons. The van der Waals surface area contributed by atoms with Crippen molar-refractivity contribution in [1.82, 2.24) is 0 Å². The summed E-state index contributed by atoms with van der Waals surface area (Å²) in [6.45, 7) is -0.743. The Balaban J connectivity index is 1.70. The Hall–Kier alpha value is -3.75. The first-order valence-electron chi connectivity index (χ1n) is 7.92. The minimum Gasteiger partial charge on any atom is -0.493 e. The number of hydrogen-bond acceptors (Lipinski definition) is 6. The smallest absolute Gasteiger partial charge is 0.351 e. The minimum atomic E-state index is -1.14. The van der Waals surface area contributed by atoms with Gasteiger partial charge in [0, 0.05) is 17.1 Å². The van der Waals surface area contributed by atoms with Gasteiger partial charge in [0.2, 0.25) is 0 Å². The minimum absolute atomic E-state index is 0.0164. The number of nitrogens with one attached hydrogen (secondary N) is 1. The Bertz CT molecular complexity index is 1130. The first-order chi connectivity index (χ1) is 13.4. The van der Waals surface area contributed by atoms with Crippen LogP contribution in [0.2, 0.25) is 0 Å². The Morgan fingerprint density at radius 3 is 2.61 bits per heavy atom. The van der Waals surface area contributed by atoms with Crippen molar-refractivity contribution in [3.8, 4) is 5.75 Å². The van der Waals surface area contributed by atoms with Gasteiger partial charge in [-0.05, 0) is 24.3 Å². The summed E-state index contributed by atoms with van der Waals surface area (Å²) in [6, 6.07) is 8.86. The summed E-state index contributed by atoms with van der Waals surface area (Å²) in [5.74, 6) is -3.76. The maximum Gasteiger partial charge on any atom is 0.351 e. The fraction of sp³-hybridized carbons (Fsp3) is 0.105. The van der Waals surface area contributed by atoms with Crippen LogP contribution < -0.4 is 15.7 Å². The third-order valence-electron chi connectivity index (χ3n) is 3.70. The summed E-state index contributed by atoms with van der Waals surface area (Å²) in [5, 5.41) is 2.66. The van der Waals surface area contributed by atoms with Crippen LogP contribution in [-0.2, 0) is 9.53 Å². The number of halogens is 2. The summed E-state index contributed by atoms with van der Waals surface area (Å²) in [4.78, 5) is 36.0. The third-order valence-corrected chi connectivity index (χ3v) is 3.70. The SMILES string of the molecule is COc1cccc2cc(C(=O)OCC(=O)Nc3ccc(F)c(F)c3)c(=O)oc12. The van der Waals surface area contributed by atoms with Crippen LogP contribution in [0, 0.1) is 11.6 Å². The number of rotatable bonds is 5. The number of amides is 1. The van der Waals surface area contributed by atoms with Crippen LogP contribution in [0.1, 0.15) is 10.4 Å². The normalized spacial score (nSPS) is 10.5. The van der Waals surface area contributed by atoms with Crippen LogP contribution in [0.3, 0.4) is 0 Å². The third kappa shape index (κ3) is 3.98. The topological polar surface area (TPSA) is 94.8 Å². The maximum atomic E-state index is 13.1. The van der Waals surface area contributed by atoms with Crippen molar-refractivity contribution in [1.29, 1.82) is 0 Å². The molecular formula is C19H13F2NO6. The first kappa shape index (κ1) is 19.0. The van der Waals surface area contributed by atoms with Gasteiger partial charge in [-0.2, -0.15) is 0 Å². The van der Waals surface area contributed by atoms with Crippen LogP contribution in [0.4, 0.5) is 14.5 Å². The molecule has 1 amide bonds. The van der Waals surface area contributed by atoms with E-state index in [4.69, 9.17) is 13.9 Å². The van der Waals surface area contributed by atoms with Gasteiger partial charge in [0.15, 0.2) is 29.6 Å². The highest BCUT2D eigenvalue weighted by Crippen LogP contribution is 2.24. The first-order valence-corrected chi connectivity index (χ1v) is 7.92. The van der Waals surface area contributed by atoms with Crippen LogP contribution in [0.15, 0.2) is 51.7 Å². The second kappa shape index (κ2) is 7.87. The van der Waals surface area contributed by atoms with E-state index in [9.17, 15) is 23.2 Å². The molecule has 0 saturated heterocycles. The number of anilines is 1. The monoisotopic (exact) mass is 389 g/mol. The molecule has 3 rings (SSSR count). The highest BCUT2D eigenvalue weighted by Gasteiger charge is 2.18. The molecule has 3 aromatic rings. The number of hydrogen-bond donors (Lipinski definition) is 1. The maximum absolute atomic E-state index is 13.1. The summed E-state index contributed by atoms with van der Waals surface area (Å²) >= 11 is 0. The van der Waals surface area contributed by atoms with Gasteiger partial charge in [0.25, 0.3) is 5.91 Å². The standard InChI is InChI=1S/C19H13F2NO6/c1-26-15-4-2-3-10-7-12(19(25)28-17(10)15)18(24)27-9-16(23)22-11-5-6-13(20)14(21)8-11/h2-8H,9H2,1H3,(H,22,23). The molecule has 0 aliphatic carbocycles. The van der Waals surface area contributed by atoms with E-state index in [1.54, 1.807) is 18.2 Å². The van der Waals surface area contributed by atoms with Gasteiger partial charge in [-0.3, -0.25) is 4.79 Å². The Kier molecular flexibility index (Phi) is 5.35. The van der Waals surface area contributed by atoms with Gasteiger partial charge in [0.1, 0.15) is 5.56 Å². The number of esters is 1. The molecule has 0 spiro atoms. The molecule has 0 radical (unpaired) electrons. The van der Waals surface area contributed by atoms with Gasteiger partial charge in [-0.1, -0.05) is 12.1 Å². The van der Waals surface area contributed by atoms with Crippen molar-refractivity contribution < 1.29 is 32.3 Å². The Morgan fingerprint density at radius 2 is 1.89 bits per heavy atom. The summed E-state index contributed by atoms with van der Waals surface area (Å²) < 4.78 is 41.0. The summed E-state index contributed by atoms with van der Waals surface area (Å²) in [5.41, 5.74) is -1.20. The van der Waals surface area contributed by atoms with Gasteiger partial charge in [-0.15, -0.1) is 0 Å². The van der Waals surface area contributed by atoms with E-state index in [1.807, 2.05) is 0 Å². The van der Waals surface area contributed by atoms with Crippen molar-refractivity contribution >= 4 is 28.5 Å². The van der Waals surface area contributed by atoms with E-state index >= 15 is 0 Å². The van der Waals surface area contributed by atoms with Gasteiger partial charge < -0.3 is 19.2 Å². The lowest BCUT2D eigenvalue weighted by Crippen LogP contribution is -2.23.